The summed E-state index contributed by atoms with van der Waals surface area (Å²) in [5, 5.41) is 0.0949. The Morgan fingerprint density at radius 3 is 2.53 bits per heavy atom. The Morgan fingerprint density at radius 2 is 2.07 bits per heavy atom. The van der Waals surface area contributed by atoms with Gasteiger partial charge in [0.15, 0.2) is 0 Å². The second-order valence-corrected chi connectivity index (χ2v) is 4.42. The molecule has 0 aliphatic heterocycles. The van der Waals surface area contributed by atoms with Crippen molar-refractivity contribution in [3.63, 3.8) is 0 Å². The third-order valence-corrected chi connectivity index (χ3v) is 2.51. The zero-order chi connectivity index (χ0) is 11.6. The molecule has 3 heteroatoms. The minimum Gasteiger partial charge on any atom is -0.300 e. The predicted molar refractivity (Wildman–Crippen MR) is 59.9 cm³/mol. The molecule has 0 aromatic heterocycles. The summed E-state index contributed by atoms with van der Waals surface area (Å²) in [6.07, 6.45) is 0.103. The Morgan fingerprint density at radius 1 is 1.47 bits per heavy atom. The number of ketones is 1. The topological polar surface area (TPSA) is 17.1 Å². The van der Waals surface area contributed by atoms with E-state index in [0.29, 0.717) is 5.56 Å². The van der Waals surface area contributed by atoms with Gasteiger partial charge in [0, 0.05) is 6.42 Å². The highest BCUT2D eigenvalue weighted by atomic mass is 35.5. The molecular weight excluding hydrogens is 215 g/mol. The summed E-state index contributed by atoms with van der Waals surface area (Å²) in [6, 6.07) is 3.33. The van der Waals surface area contributed by atoms with Crippen LogP contribution in [0.4, 0.5) is 4.39 Å². The standard InChI is InChI=1S/C12H14ClFO/c1-7(2)9-5-10(4-8(3)15)12(14)11(13)6-9/h5-7H,4H2,1-3H3. The maximum atomic E-state index is 13.5. The van der Waals surface area contributed by atoms with Crippen LogP contribution in [0.25, 0.3) is 0 Å². The zero-order valence-electron chi connectivity index (χ0n) is 9.10. The van der Waals surface area contributed by atoms with Crippen LogP contribution in [-0.4, -0.2) is 5.78 Å². The summed E-state index contributed by atoms with van der Waals surface area (Å²) in [7, 11) is 0. The molecule has 0 fully saturated rings. The molecule has 0 radical (unpaired) electrons. The van der Waals surface area contributed by atoms with E-state index in [2.05, 4.69) is 0 Å². The number of hydrogen-bond acceptors (Lipinski definition) is 1. The fourth-order valence-corrected chi connectivity index (χ4v) is 1.65. The van der Waals surface area contributed by atoms with E-state index < -0.39 is 5.82 Å². The lowest BCUT2D eigenvalue weighted by Crippen LogP contribution is -2.02. The van der Waals surface area contributed by atoms with Crippen LogP contribution >= 0.6 is 11.6 Å². The second kappa shape index (κ2) is 4.75. The molecular formula is C12H14ClFO. The molecule has 1 aromatic carbocycles. The van der Waals surface area contributed by atoms with Crippen molar-refractivity contribution in [2.24, 2.45) is 0 Å². The van der Waals surface area contributed by atoms with Crippen LogP contribution in [0.1, 0.15) is 37.8 Å². The number of hydrogen-bond donors (Lipinski definition) is 0. The van der Waals surface area contributed by atoms with Crippen LogP contribution in [0, 0.1) is 5.82 Å². The number of carbonyl (C=O) groups is 1. The average Bonchev–Trinajstić information content (AvgIpc) is 2.11. The lowest BCUT2D eigenvalue weighted by molar-refractivity contribution is -0.116. The van der Waals surface area contributed by atoms with Crippen molar-refractivity contribution in [3.05, 3.63) is 34.1 Å². The highest BCUT2D eigenvalue weighted by molar-refractivity contribution is 6.30. The first-order valence-electron chi connectivity index (χ1n) is 4.89. The fraction of sp³-hybridized carbons (Fsp3) is 0.417. The smallest absolute Gasteiger partial charge is 0.145 e. The normalized spacial score (nSPS) is 10.8. The Hall–Kier alpha value is -0.890. The van der Waals surface area contributed by atoms with Crippen molar-refractivity contribution < 1.29 is 9.18 Å². The van der Waals surface area contributed by atoms with E-state index >= 15 is 0 Å². The van der Waals surface area contributed by atoms with Gasteiger partial charge in [-0.3, -0.25) is 4.79 Å². The zero-order valence-corrected chi connectivity index (χ0v) is 9.86. The maximum Gasteiger partial charge on any atom is 0.145 e. The Balaban J connectivity index is 3.18. The molecule has 1 nitrogen and oxygen atoms in total. The van der Waals surface area contributed by atoms with E-state index in [9.17, 15) is 9.18 Å². The van der Waals surface area contributed by atoms with Gasteiger partial charge in [-0.2, -0.15) is 0 Å². The Kier molecular flexibility index (Phi) is 3.86. The van der Waals surface area contributed by atoms with Crippen molar-refractivity contribution in [1.29, 1.82) is 0 Å². The molecule has 0 atom stereocenters. The molecule has 0 saturated heterocycles. The maximum absolute atomic E-state index is 13.5. The van der Waals surface area contributed by atoms with Crippen LogP contribution in [-0.2, 0) is 11.2 Å². The lowest BCUT2D eigenvalue weighted by atomic mass is 9.98. The number of rotatable bonds is 3. The number of halogens is 2. The van der Waals surface area contributed by atoms with Gasteiger partial charge in [0.25, 0.3) is 0 Å². The van der Waals surface area contributed by atoms with E-state index in [1.807, 2.05) is 13.8 Å². The monoisotopic (exact) mass is 228 g/mol. The Bertz CT molecular complexity index is 385. The van der Waals surface area contributed by atoms with E-state index in [0.717, 1.165) is 5.56 Å². The van der Waals surface area contributed by atoms with Crippen molar-refractivity contribution in [3.8, 4) is 0 Å². The molecule has 0 aliphatic rings. The first-order chi connectivity index (χ1) is 6.91. The van der Waals surface area contributed by atoms with Gasteiger partial charge in [-0.05, 0) is 30.0 Å². The predicted octanol–water partition coefficient (Wildman–Crippen LogP) is 3.73. The van der Waals surface area contributed by atoms with Crippen molar-refractivity contribution in [2.75, 3.05) is 0 Å². The summed E-state index contributed by atoms with van der Waals surface area (Å²) >= 11 is 5.76. The largest absolute Gasteiger partial charge is 0.300 e. The van der Waals surface area contributed by atoms with Crippen molar-refractivity contribution >= 4 is 17.4 Å². The number of carbonyl (C=O) groups excluding carboxylic acids is 1. The van der Waals surface area contributed by atoms with Crippen LogP contribution in [0.15, 0.2) is 12.1 Å². The molecule has 0 spiro atoms. The first-order valence-corrected chi connectivity index (χ1v) is 5.27. The summed E-state index contributed by atoms with van der Waals surface area (Å²) in [5.74, 6) is -0.268. The third-order valence-electron chi connectivity index (χ3n) is 2.23. The Labute approximate surface area is 94.3 Å². The minimum atomic E-state index is -0.476. The average molecular weight is 229 g/mol. The van der Waals surface area contributed by atoms with Crippen LogP contribution in [0.3, 0.4) is 0 Å². The van der Waals surface area contributed by atoms with Gasteiger partial charge in [0.2, 0.25) is 0 Å². The van der Waals surface area contributed by atoms with Gasteiger partial charge in [0.05, 0.1) is 5.02 Å². The molecule has 0 bridgehead atoms. The summed E-state index contributed by atoms with van der Waals surface area (Å²) < 4.78 is 13.5. The molecule has 0 heterocycles. The molecule has 0 saturated carbocycles. The molecule has 1 rings (SSSR count). The summed E-state index contributed by atoms with van der Waals surface area (Å²) in [5.41, 5.74) is 1.34. The SMILES string of the molecule is CC(=O)Cc1cc(C(C)C)cc(Cl)c1F. The van der Waals surface area contributed by atoms with Crippen molar-refractivity contribution in [2.45, 2.75) is 33.1 Å². The summed E-state index contributed by atoms with van der Waals surface area (Å²) in [6.45, 7) is 5.44. The van der Waals surface area contributed by atoms with E-state index in [1.54, 1.807) is 12.1 Å². The van der Waals surface area contributed by atoms with Gasteiger partial charge in [-0.25, -0.2) is 4.39 Å². The molecule has 0 N–H and O–H groups in total. The molecule has 82 valence electrons. The fourth-order valence-electron chi connectivity index (χ4n) is 1.40. The van der Waals surface area contributed by atoms with Crippen molar-refractivity contribution in [1.82, 2.24) is 0 Å². The van der Waals surface area contributed by atoms with E-state index in [1.165, 1.54) is 6.92 Å². The number of benzene rings is 1. The van der Waals surface area contributed by atoms with E-state index in [4.69, 9.17) is 11.6 Å². The third kappa shape index (κ3) is 3.03. The van der Waals surface area contributed by atoms with Gasteiger partial charge in [-0.15, -0.1) is 0 Å². The highest BCUT2D eigenvalue weighted by Crippen LogP contribution is 2.25. The first kappa shape index (κ1) is 12.2. The van der Waals surface area contributed by atoms with Crippen LogP contribution in [0.5, 0.6) is 0 Å². The second-order valence-electron chi connectivity index (χ2n) is 4.01. The van der Waals surface area contributed by atoms with Gasteiger partial charge in [-0.1, -0.05) is 31.5 Å². The lowest BCUT2D eigenvalue weighted by Gasteiger charge is -2.10. The van der Waals surface area contributed by atoms with Crippen LogP contribution < -0.4 is 0 Å². The summed E-state index contributed by atoms with van der Waals surface area (Å²) in [4.78, 5) is 10.9. The molecule has 15 heavy (non-hydrogen) atoms. The van der Waals surface area contributed by atoms with Gasteiger partial charge >= 0.3 is 0 Å². The molecule has 0 unspecified atom stereocenters. The van der Waals surface area contributed by atoms with Crippen LogP contribution in [0.2, 0.25) is 5.02 Å². The highest BCUT2D eigenvalue weighted by Gasteiger charge is 2.12. The van der Waals surface area contributed by atoms with Gasteiger partial charge < -0.3 is 0 Å². The van der Waals surface area contributed by atoms with Gasteiger partial charge in [0.1, 0.15) is 11.6 Å². The number of Topliss-reactive ketones (excluding diaryl/α,β-unsaturated/α-hetero) is 1. The molecule has 1 aromatic rings. The quantitative estimate of drug-likeness (QED) is 0.771. The minimum absolute atomic E-state index is 0.0640. The van der Waals surface area contributed by atoms with E-state index in [-0.39, 0.29) is 23.1 Å². The molecule has 0 aliphatic carbocycles. The molecule has 0 amide bonds.